The molecule has 3 heteroatoms. The molecule has 0 saturated heterocycles. The van der Waals surface area contributed by atoms with Crippen LogP contribution < -0.4 is 5.32 Å². The maximum atomic E-state index is 12.8. The lowest BCUT2D eigenvalue weighted by Crippen LogP contribution is -2.44. The molecule has 2 rings (SSSR count). The van der Waals surface area contributed by atoms with Gasteiger partial charge in [-0.2, -0.15) is 5.26 Å². The molecule has 1 saturated carbocycles. The number of rotatable bonds is 3. The van der Waals surface area contributed by atoms with Crippen molar-refractivity contribution in [2.24, 2.45) is 0 Å². The molecule has 17 heavy (non-hydrogen) atoms. The van der Waals surface area contributed by atoms with Gasteiger partial charge >= 0.3 is 0 Å². The van der Waals surface area contributed by atoms with Gasteiger partial charge in [0.1, 0.15) is 11.4 Å². The van der Waals surface area contributed by atoms with Crippen LogP contribution in [0.1, 0.15) is 37.7 Å². The molecule has 0 heterocycles. The zero-order chi connectivity index (χ0) is 12.1. The van der Waals surface area contributed by atoms with E-state index >= 15 is 0 Å². The standard InChI is InChI=1S/C14H17FN2/c15-13-6-4-12(5-7-13)10-17-14(11-16)8-2-1-3-9-14/h4-7,17H,1-3,8-10H2. The highest BCUT2D eigenvalue weighted by Crippen LogP contribution is 2.27. The normalized spacial score (nSPS) is 18.6. The van der Waals surface area contributed by atoms with E-state index in [1.54, 1.807) is 12.1 Å². The van der Waals surface area contributed by atoms with Crippen LogP contribution in [0.5, 0.6) is 0 Å². The van der Waals surface area contributed by atoms with Gasteiger partial charge in [0.25, 0.3) is 0 Å². The molecule has 0 atom stereocenters. The van der Waals surface area contributed by atoms with Crippen LogP contribution >= 0.6 is 0 Å². The Balaban J connectivity index is 1.96. The summed E-state index contributed by atoms with van der Waals surface area (Å²) in [7, 11) is 0. The van der Waals surface area contributed by atoms with Crippen molar-refractivity contribution < 1.29 is 4.39 Å². The molecule has 1 aliphatic rings. The number of benzene rings is 1. The van der Waals surface area contributed by atoms with Crippen LogP contribution in [-0.4, -0.2) is 5.54 Å². The van der Waals surface area contributed by atoms with Gasteiger partial charge in [0, 0.05) is 6.54 Å². The SMILES string of the molecule is N#CC1(NCc2ccc(F)cc2)CCCCC1. The van der Waals surface area contributed by atoms with E-state index in [4.69, 9.17) is 0 Å². The topological polar surface area (TPSA) is 35.8 Å². The van der Waals surface area contributed by atoms with Crippen molar-refractivity contribution in [1.29, 1.82) is 5.26 Å². The lowest BCUT2D eigenvalue weighted by atomic mass is 9.83. The summed E-state index contributed by atoms with van der Waals surface area (Å²) in [4.78, 5) is 0. The summed E-state index contributed by atoms with van der Waals surface area (Å²) in [5.74, 6) is -0.221. The fraction of sp³-hybridized carbons (Fsp3) is 0.500. The average Bonchev–Trinajstić information content (AvgIpc) is 2.39. The van der Waals surface area contributed by atoms with Gasteiger partial charge < -0.3 is 0 Å². The molecular formula is C14H17FN2. The van der Waals surface area contributed by atoms with Crippen molar-refractivity contribution >= 4 is 0 Å². The fourth-order valence-electron chi connectivity index (χ4n) is 2.36. The Morgan fingerprint density at radius 1 is 1.18 bits per heavy atom. The van der Waals surface area contributed by atoms with Crippen LogP contribution in [0.25, 0.3) is 0 Å². The van der Waals surface area contributed by atoms with E-state index in [1.807, 2.05) is 0 Å². The van der Waals surface area contributed by atoms with Gasteiger partial charge in [-0.25, -0.2) is 4.39 Å². The molecule has 1 fully saturated rings. The Kier molecular flexibility index (Phi) is 3.75. The number of hydrogen-bond donors (Lipinski definition) is 1. The molecule has 90 valence electrons. The Labute approximate surface area is 101 Å². The third-order valence-electron chi connectivity index (χ3n) is 3.47. The molecule has 1 aromatic carbocycles. The monoisotopic (exact) mass is 232 g/mol. The molecule has 0 amide bonds. The van der Waals surface area contributed by atoms with E-state index < -0.39 is 0 Å². The van der Waals surface area contributed by atoms with Crippen molar-refractivity contribution in [1.82, 2.24) is 5.32 Å². The highest BCUT2D eigenvalue weighted by molar-refractivity contribution is 5.17. The van der Waals surface area contributed by atoms with E-state index in [1.165, 1.54) is 18.6 Å². The number of halogens is 1. The van der Waals surface area contributed by atoms with E-state index in [2.05, 4.69) is 11.4 Å². The fourth-order valence-corrected chi connectivity index (χ4v) is 2.36. The summed E-state index contributed by atoms with van der Waals surface area (Å²) in [6.07, 6.45) is 5.30. The van der Waals surface area contributed by atoms with Crippen molar-refractivity contribution in [3.63, 3.8) is 0 Å². The van der Waals surface area contributed by atoms with E-state index in [0.717, 1.165) is 31.2 Å². The molecule has 0 spiro atoms. The van der Waals surface area contributed by atoms with Crippen LogP contribution in [0, 0.1) is 17.1 Å². The quantitative estimate of drug-likeness (QED) is 0.869. The first-order chi connectivity index (χ1) is 8.24. The maximum Gasteiger partial charge on any atom is 0.123 e. The van der Waals surface area contributed by atoms with Crippen LogP contribution in [-0.2, 0) is 6.54 Å². The van der Waals surface area contributed by atoms with Gasteiger partial charge in [-0.3, -0.25) is 5.32 Å². The van der Waals surface area contributed by atoms with Crippen molar-refractivity contribution in [3.8, 4) is 6.07 Å². The minimum Gasteiger partial charge on any atom is -0.295 e. The van der Waals surface area contributed by atoms with Gasteiger partial charge in [-0.15, -0.1) is 0 Å². The third kappa shape index (κ3) is 3.04. The Morgan fingerprint density at radius 2 is 1.82 bits per heavy atom. The smallest absolute Gasteiger partial charge is 0.123 e. The van der Waals surface area contributed by atoms with Crippen molar-refractivity contribution in [2.45, 2.75) is 44.2 Å². The van der Waals surface area contributed by atoms with Gasteiger partial charge in [-0.05, 0) is 30.5 Å². The highest BCUT2D eigenvalue weighted by atomic mass is 19.1. The predicted octanol–water partition coefficient (Wildman–Crippen LogP) is 3.14. The summed E-state index contributed by atoms with van der Waals surface area (Å²) >= 11 is 0. The summed E-state index contributed by atoms with van der Waals surface area (Å²) in [5.41, 5.74) is 0.652. The molecule has 1 aliphatic carbocycles. The molecule has 0 bridgehead atoms. The zero-order valence-electron chi connectivity index (χ0n) is 9.88. The predicted molar refractivity (Wildman–Crippen MR) is 64.7 cm³/mol. The summed E-state index contributed by atoms with van der Waals surface area (Å²) < 4.78 is 12.8. The van der Waals surface area contributed by atoms with E-state index in [0.29, 0.717) is 6.54 Å². The van der Waals surface area contributed by atoms with Gasteiger partial charge in [0.15, 0.2) is 0 Å². The van der Waals surface area contributed by atoms with Crippen LogP contribution in [0.4, 0.5) is 4.39 Å². The summed E-state index contributed by atoms with van der Waals surface area (Å²) in [5, 5.41) is 12.6. The summed E-state index contributed by atoms with van der Waals surface area (Å²) in [6, 6.07) is 8.84. The van der Waals surface area contributed by atoms with Crippen LogP contribution in [0.3, 0.4) is 0 Å². The second kappa shape index (κ2) is 5.29. The largest absolute Gasteiger partial charge is 0.295 e. The Bertz CT molecular complexity index is 399. The van der Waals surface area contributed by atoms with Gasteiger partial charge in [-0.1, -0.05) is 31.4 Å². The first-order valence-electron chi connectivity index (χ1n) is 6.15. The molecular weight excluding hydrogens is 215 g/mol. The second-order valence-corrected chi connectivity index (χ2v) is 4.73. The third-order valence-corrected chi connectivity index (χ3v) is 3.47. The Hall–Kier alpha value is -1.40. The lowest BCUT2D eigenvalue weighted by molar-refractivity contribution is 0.296. The first-order valence-corrected chi connectivity index (χ1v) is 6.15. The molecule has 1 N–H and O–H groups in total. The summed E-state index contributed by atoms with van der Waals surface area (Å²) in [6.45, 7) is 0.633. The minimum absolute atomic E-state index is 0.221. The highest BCUT2D eigenvalue weighted by Gasteiger charge is 2.31. The minimum atomic E-state index is -0.368. The molecule has 1 aromatic rings. The average molecular weight is 232 g/mol. The number of hydrogen-bond acceptors (Lipinski definition) is 2. The Morgan fingerprint density at radius 3 is 2.41 bits per heavy atom. The van der Waals surface area contributed by atoms with Gasteiger partial charge in [0.2, 0.25) is 0 Å². The molecule has 0 aliphatic heterocycles. The molecule has 0 radical (unpaired) electrons. The molecule has 0 unspecified atom stereocenters. The van der Waals surface area contributed by atoms with Gasteiger partial charge in [0.05, 0.1) is 6.07 Å². The van der Waals surface area contributed by atoms with Crippen LogP contribution in [0.2, 0.25) is 0 Å². The van der Waals surface area contributed by atoms with Crippen molar-refractivity contribution in [2.75, 3.05) is 0 Å². The first kappa shape index (κ1) is 12.1. The maximum absolute atomic E-state index is 12.8. The lowest BCUT2D eigenvalue weighted by Gasteiger charge is -2.31. The zero-order valence-corrected chi connectivity index (χ0v) is 9.88. The molecule has 0 aromatic heterocycles. The number of nitrogens with zero attached hydrogens (tertiary/aromatic N) is 1. The number of nitriles is 1. The van der Waals surface area contributed by atoms with Crippen LogP contribution in [0.15, 0.2) is 24.3 Å². The van der Waals surface area contributed by atoms with E-state index in [9.17, 15) is 9.65 Å². The van der Waals surface area contributed by atoms with Crippen molar-refractivity contribution in [3.05, 3.63) is 35.6 Å². The second-order valence-electron chi connectivity index (χ2n) is 4.73. The van der Waals surface area contributed by atoms with E-state index in [-0.39, 0.29) is 11.4 Å². The molecule has 2 nitrogen and oxygen atoms in total. The number of nitrogens with one attached hydrogen (secondary N) is 1.